The van der Waals surface area contributed by atoms with Crippen LogP contribution < -0.4 is 5.32 Å². The first kappa shape index (κ1) is 11.4. The van der Waals surface area contributed by atoms with Crippen LogP contribution in [-0.2, 0) is 6.54 Å². The van der Waals surface area contributed by atoms with Crippen LogP contribution in [0.4, 0.5) is 5.69 Å². The van der Waals surface area contributed by atoms with Gasteiger partial charge in [0.1, 0.15) is 0 Å². The van der Waals surface area contributed by atoms with Crippen molar-refractivity contribution >= 4 is 28.6 Å². The molecule has 0 saturated carbocycles. The van der Waals surface area contributed by atoms with Crippen molar-refractivity contribution in [3.8, 4) is 0 Å². The molecular weight excluding hydrogens is 240 g/mol. The van der Waals surface area contributed by atoms with E-state index in [1.165, 1.54) is 10.4 Å². The van der Waals surface area contributed by atoms with Gasteiger partial charge in [-0.15, -0.1) is 11.3 Å². The number of rotatable bonds is 3. The Morgan fingerprint density at radius 1 is 1.44 bits per heavy atom. The normalized spacial score (nSPS) is 10.4. The molecule has 0 amide bonds. The lowest BCUT2D eigenvalue weighted by molar-refractivity contribution is 1.14. The van der Waals surface area contributed by atoms with Gasteiger partial charge >= 0.3 is 0 Å². The fourth-order valence-electron chi connectivity index (χ4n) is 1.44. The van der Waals surface area contributed by atoms with E-state index >= 15 is 0 Å². The molecule has 84 valence electrons. The van der Waals surface area contributed by atoms with Gasteiger partial charge in [0, 0.05) is 17.6 Å². The number of hydrogen-bond donors (Lipinski definition) is 1. The SMILES string of the molecule is Cc1cnc(Cl)c(NCc2sccc2C)c1. The van der Waals surface area contributed by atoms with Crippen molar-refractivity contribution in [3.05, 3.63) is 44.9 Å². The van der Waals surface area contributed by atoms with Gasteiger partial charge in [0.15, 0.2) is 5.15 Å². The number of hydrogen-bond acceptors (Lipinski definition) is 3. The standard InChI is InChI=1S/C12H13ClN2S/c1-8-5-10(12(13)15-6-8)14-7-11-9(2)3-4-16-11/h3-6,14H,7H2,1-2H3. The molecule has 0 aliphatic carbocycles. The molecule has 2 nitrogen and oxygen atoms in total. The van der Waals surface area contributed by atoms with E-state index in [0.29, 0.717) is 5.15 Å². The highest BCUT2D eigenvalue weighted by atomic mass is 35.5. The second-order valence-corrected chi connectivity index (χ2v) is 5.09. The van der Waals surface area contributed by atoms with E-state index < -0.39 is 0 Å². The zero-order chi connectivity index (χ0) is 11.5. The predicted molar refractivity (Wildman–Crippen MR) is 70.4 cm³/mol. The van der Waals surface area contributed by atoms with Crippen LogP contribution in [0.1, 0.15) is 16.0 Å². The summed E-state index contributed by atoms with van der Waals surface area (Å²) >= 11 is 7.76. The first-order valence-electron chi connectivity index (χ1n) is 5.06. The molecule has 0 aliphatic heterocycles. The highest BCUT2D eigenvalue weighted by Gasteiger charge is 2.03. The third-order valence-electron chi connectivity index (χ3n) is 2.38. The molecule has 0 fully saturated rings. The molecule has 0 atom stereocenters. The number of anilines is 1. The van der Waals surface area contributed by atoms with Crippen molar-refractivity contribution in [3.63, 3.8) is 0 Å². The summed E-state index contributed by atoms with van der Waals surface area (Å²) in [5.74, 6) is 0. The van der Waals surface area contributed by atoms with E-state index in [9.17, 15) is 0 Å². The molecule has 2 aromatic heterocycles. The Morgan fingerprint density at radius 3 is 2.94 bits per heavy atom. The summed E-state index contributed by atoms with van der Waals surface area (Å²) in [7, 11) is 0. The van der Waals surface area contributed by atoms with E-state index in [1.807, 2.05) is 13.0 Å². The first-order chi connectivity index (χ1) is 7.66. The van der Waals surface area contributed by atoms with Crippen LogP contribution in [0.25, 0.3) is 0 Å². The summed E-state index contributed by atoms with van der Waals surface area (Å²) < 4.78 is 0. The summed E-state index contributed by atoms with van der Waals surface area (Å²) in [6.45, 7) is 4.92. The van der Waals surface area contributed by atoms with Gasteiger partial charge in [-0.2, -0.15) is 0 Å². The summed E-state index contributed by atoms with van der Waals surface area (Å²) in [5.41, 5.74) is 3.32. The van der Waals surface area contributed by atoms with Crippen LogP contribution in [0, 0.1) is 13.8 Å². The molecule has 0 spiro atoms. The number of aryl methyl sites for hydroxylation is 2. The molecule has 16 heavy (non-hydrogen) atoms. The molecule has 0 radical (unpaired) electrons. The lowest BCUT2D eigenvalue weighted by atomic mass is 10.2. The number of thiophene rings is 1. The Kier molecular flexibility index (Phi) is 3.46. The zero-order valence-electron chi connectivity index (χ0n) is 9.25. The van der Waals surface area contributed by atoms with E-state index in [-0.39, 0.29) is 0 Å². The predicted octanol–water partition coefficient (Wildman–Crippen LogP) is 4.03. The summed E-state index contributed by atoms with van der Waals surface area (Å²) in [6.07, 6.45) is 1.77. The Labute approximate surface area is 104 Å². The average Bonchev–Trinajstić information content (AvgIpc) is 2.66. The molecule has 0 saturated heterocycles. The minimum Gasteiger partial charge on any atom is -0.378 e. The van der Waals surface area contributed by atoms with Gasteiger partial charge < -0.3 is 5.32 Å². The number of halogens is 1. The van der Waals surface area contributed by atoms with Gasteiger partial charge in [-0.25, -0.2) is 4.98 Å². The summed E-state index contributed by atoms with van der Waals surface area (Å²) in [4.78, 5) is 5.44. The van der Waals surface area contributed by atoms with Crippen molar-refractivity contribution in [2.45, 2.75) is 20.4 Å². The Morgan fingerprint density at radius 2 is 2.25 bits per heavy atom. The minimum absolute atomic E-state index is 0.528. The molecule has 0 aromatic carbocycles. The monoisotopic (exact) mass is 252 g/mol. The van der Waals surface area contributed by atoms with Gasteiger partial charge in [-0.05, 0) is 42.5 Å². The maximum absolute atomic E-state index is 6.01. The van der Waals surface area contributed by atoms with Crippen LogP contribution in [0.15, 0.2) is 23.7 Å². The molecule has 0 unspecified atom stereocenters. The Bertz CT molecular complexity index is 494. The number of aromatic nitrogens is 1. The largest absolute Gasteiger partial charge is 0.378 e. The molecular formula is C12H13ClN2S. The third kappa shape index (κ3) is 2.54. The Balaban J connectivity index is 2.10. The lowest BCUT2D eigenvalue weighted by Gasteiger charge is -2.08. The van der Waals surface area contributed by atoms with Crippen LogP contribution in [0.2, 0.25) is 5.15 Å². The van der Waals surface area contributed by atoms with Crippen molar-refractivity contribution in [2.24, 2.45) is 0 Å². The molecule has 0 bridgehead atoms. The smallest absolute Gasteiger partial charge is 0.152 e. The second-order valence-electron chi connectivity index (χ2n) is 3.73. The van der Waals surface area contributed by atoms with Gasteiger partial charge in [0.25, 0.3) is 0 Å². The van der Waals surface area contributed by atoms with Crippen molar-refractivity contribution in [1.29, 1.82) is 0 Å². The molecule has 2 aromatic rings. The minimum atomic E-state index is 0.528. The fraction of sp³-hybridized carbons (Fsp3) is 0.250. The van der Waals surface area contributed by atoms with E-state index in [0.717, 1.165) is 17.8 Å². The number of pyridine rings is 1. The molecule has 0 aliphatic rings. The van der Waals surface area contributed by atoms with Gasteiger partial charge in [-0.3, -0.25) is 0 Å². The quantitative estimate of drug-likeness (QED) is 0.835. The molecule has 2 heterocycles. The first-order valence-corrected chi connectivity index (χ1v) is 6.31. The number of nitrogens with zero attached hydrogens (tertiary/aromatic N) is 1. The second kappa shape index (κ2) is 4.85. The van der Waals surface area contributed by atoms with Crippen LogP contribution in [0.5, 0.6) is 0 Å². The summed E-state index contributed by atoms with van der Waals surface area (Å²) in [5, 5.41) is 5.94. The lowest BCUT2D eigenvalue weighted by Crippen LogP contribution is -2.00. The summed E-state index contributed by atoms with van der Waals surface area (Å²) in [6, 6.07) is 4.13. The van der Waals surface area contributed by atoms with Crippen LogP contribution >= 0.6 is 22.9 Å². The zero-order valence-corrected chi connectivity index (χ0v) is 10.8. The molecule has 1 N–H and O–H groups in total. The van der Waals surface area contributed by atoms with E-state index in [1.54, 1.807) is 17.5 Å². The third-order valence-corrected chi connectivity index (χ3v) is 3.71. The average molecular weight is 253 g/mol. The molecule has 4 heteroatoms. The Hall–Kier alpha value is -1.06. The van der Waals surface area contributed by atoms with Gasteiger partial charge in [0.2, 0.25) is 0 Å². The fourth-order valence-corrected chi connectivity index (χ4v) is 2.45. The van der Waals surface area contributed by atoms with E-state index in [2.05, 4.69) is 28.7 Å². The van der Waals surface area contributed by atoms with Gasteiger partial charge in [-0.1, -0.05) is 11.6 Å². The van der Waals surface area contributed by atoms with Gasteiger partial charge in [0.05, 0.1) is 5.69 Å². The highest BCUT2D eigenvalue weighted by Crippen LogP contribution is 2.22. The molecule has 2 rings (SSSR count). The van der Waals surface area contributed by atoms with Crippen molar-refractivity contribution in [2.75, 3.05) is 5.32 Å². The maximum atomic E-state index is 6.01. The van der Waals surface area contributed by atoms with Crippen LogP contribution in [0.3, 0.4) is 0 Å². The van der Waals surface area contributed by atoms with Crippen LogP contribution in [-0.4, -0.2) is 4.98 Å². The topological polar surface area (TPSA) is 24.9 Å². The maximum Gasteiger partial charge on any atom is 0.152 e. The van der Waals surface area contributed by atoms with Crippen molar-refractivity contribution < 1.29 is 0 Å². The highest BCUT2D eigenvalue weighted by molar-refractivity contribution is 7.10. The number of nitrogens with one attached hydrogen (secondary N) is 1. The van der Waals surface area contributed by atoms with Crippen molar-refractivity contribution in [1.82, 2.24) is 4.98 Å². The van der Waals surface area contributed by atoms with E-state index in [4.69, 9.17) is 11.6 Å².